The Morgan fingerprint density at radius 2 is 2.05 bits per heavy atom. The lowest BCUT2D eigenvalue weighted by Gasteiger charge is -2.14. The number of anilines is 1. The van der Waals surface area contributed by atoms with E-state index in [-0.39, 0.29) is 11.2 Å². The molecule has 7 heteroatoms. The van der Waals surface area contributed by atoms with Gasteiger partial charge in [0, 0.05) is 17.5 Å². The van der Waals surface area contributed by atoms with Crippen LogP contribution in [0.5, 0.6) is 0 Å². The number of fused-ring (bicyclic) bond motifs is 1. The van der Waals surface area contributed by atoms with Gasteiger partial charge in [0.15, 0.2) is 5.16 Å². The Kier molecular flexibility index (Phi) is 3.30. The standard InChI is InChI=1S/C15H18N4OS2/c1-7-8(2)21-13-11(7)12(16)17-15(18-13)22-10-5-6-19(14(10)20)9-3-4-9/h9-10H,3-6H2,1-2H3,(H2,16,17,18)/t10-/m1/s1. The van der Waals surface area contributed by atoms with Gasteiger partial charge in [-0.2, -0.15) is 0 Å². The topological polar surface area (TPSA) is 72.1 Å². The summed E-state index contributed by atoms with van der Waals surface area (Å²) >= 11 is 3.11. The summed E-state index contributed by atoms with van der Waals surface area (Å²) in [6.07, 6.45) is 3.20. The minimum Gasteiger partial charge on any atom is -0.383 e. The Morgan fingerprint density at radius 3 is 2.77 bits per heavy atom. The Morgan fingerprint density at radius 1 is 1.27 bits per heavy atom. The van der Waals surface area contributed by atoms with E-state index >= 15 is 0 Å². The molecule has 1 atom stereocenters. The van der Waals surface area contributed by atoms with Crippen LogP contribution in [0.4, 0.5) is 5.82 Å². The van der Waals surface area contributed by atoms with Crippen LogP contribution in [0, 0.1) is 13.8 Å². The molecule has 2 fully saturated rings. The lowest BCUT2D eigenvalue weighted by molar-refractivity contribution is -0.127. The number of hydrogen-bond acceptors (Lipinski definition) is 6. The summed E-state index contributed by atoms with van der Waals surface area (Å²) in [5.74, 6) is 0.771. The van der Waals surface area contributed by atoms with E-state index < -0.39 is 0 Å². The maximum absolute atomic E-state index is 12.4. The van der Waals surface area contributed by atoms with E-state index in [2.05, 4.69) is 23.8 Å². The number of carbonyl (C=O) groups excluding carboxylic acids is 1. The number of hydrogen-bond donors (Lipinski definition) is 1. The molecule has 1 saturated heterocycles. The molecule has 2 aromatic rings. The van der Waals surface area contributed by atoms with E-state index in [0.29, 0.717) is 17.0 Å². The number of aromatic nitrogens is 2. The maximum Gasteiger partial charge on any atom is 0.236 e. The largest absolute Gasteiger partial charge is 0.383 e. The van der Waals surface area contributed by atoms with Gasteiger partial charge < -0.3 is 10.6 Å². The van der Waals surface area contributed by atoms with Gasteiger partial charge in [-0.3, -0.25) is 4.79 Å². The summed E-state index contributed by atoms with van der Waals surface area (Å²) in [5.41, 5.74) is 7.27. The van der Waals surface area contributed by atoms with Crippen molar-refractivity contribution in [2.45, 2.75) is 49.6 Å². The zero-order valence-corrected chi connectivity index (χ0v) is 14.3. The van der Waals surface area contributed by atoms with Gasteiger partial charge in [0.05, 0.1) is 10.6 Å². The van der Waals surface area contributed by atoms with Crippen molar-refractivity contribution >= 4 is 45.0 Å². The fourth-order valence-corrected chi connectivity index (χ4v) is 5.08. The number of nitrogen functional groups attached to an aromatic ring is 1. The highest BCUT2D eigenvalue weighted by molar-refractivity contribution is 8.00. The van der Waals surface area contributed by atoms with Gasteiger partial charge in [0.2, 0.25) is 5.91 Å². The molecule has 2 aliphatic rings. The Hall–Kier alpha value is -1.34. The molecule has 0 bridgehead atoms. The second-order valence-corrected chi connectivity index (χ2v) is 8.39. The first-order chi connectivity index (χ1) is 10.5. The van der Waals surface area contributed by atoms with Gasteiger partial charge in [-0.1, -0.05) is 11.8 Å². The second kappa shape index (κ2) is 5.09. The van der Waals surface area contributed by atoms with Gasteiger partial charge in [0.1, 0.15) is 10.6 Å². The summed E-state index contributed by atoms with van der Waals surface area (Å²) in [5, 5.41) is 1.53. The molecular formula is C15H18N4OS2. The third-order valence-electron chi connectivity index (χ3n) is 4.46. The van der Waals surface area contributed by atoms with E-state index in [9.17, 15) is 4.79 Å². The number of rotatable bonds is 3. The van der Waals surface area contributed by atoms with Crippen molar-refractivity contribution in [3.8, 4) is 0 Å². The lowest BCUT2D eigenvalue weighted by atomic mass is 10.2. The molecule has 1 amide bonds. The quantitative estimate of drug-likeness (QED) is 0.874. The minimum atomic E-state index is -0.0559. The van der Waals surface area contributed by atoms with Crippen molar-refractivity contribution in [3.63, 3.8) is 0 Å². The molecule has 22 heavy (non-hydrogen) atoms. The molecule has 4 rings (SSSR count). The average Bonchev–Trinajstić information content (AvgIpc) is 3.18. The highest BCUT2D eigenvalue weighted by atomic mass is 32.2. The lowest BCUT2D eigenvalue weighted by Crippen LogP contribution is -2.30. The zero-order chi connectivity index (χ0) is 15.4. The van der Waals surface area contributed by atoms with Crippen molar-refractivity contribution < 1.29 is 4.79 Å². The minimum absolute atomic E-state index is 0.0559. The highest BCUT2D eigenvalue weighted by Gasteiger charge is 2.41. The first kappa shape index (κ1) is 14.3. The van der Waals surface area contributed by atoms with Crippen molar-refractivity contribution in [1.82, 2.24) is 14.9 Å². The summed E-state index contributed by atoms with van der Waals surface area (Å²) in [4.78, 5) is 25.6. The van der Waals surface area contributed by atoms with E-state index in [0.717, 1.165) is 41.6 Å². The Bertz CT molecular complexity index is 768. The van der Waals surface area contributed by atoms with Crippen molar-refractivity contribution in [3.05, 3.63) is 10.4 Å². The number of thiophene rings is 1. The third kappa shape index (κ3) is 2.27. The fourth-order valence-electron chi connectivity index (χ4n) is 2.97. The summed E-state index contributed by atoms with van der Waals surface area (Å²) in [6, 6.07) is 0.495. The zero-order valence-electron chi connectivity index (χ0n) is 12.6. The van der Waals surface area contributed by atoms with Crippen LogP contribution in [0.25, 0.3) is 10.2 Å². The van der Waals surface area contributed by atoms with Crippen LogP contribution in [0.1, 0.15) is 29.7 Å². The number of nitrogens with two attached hydrogens (primary N) is 1. The monoisotopic (exact) mass is 334 g/mol. The number of aryl methyl sites for hydroxylation is 2. The van der Waals surface area contributed by atoms with Crippen LogP contribution in [0.3, 0.4) is 0 Å². The third-order valence-corrected chi connectivity index (χ3v) is 6.68. The molecule has 0 radical (unpaired) electrons. The van der Waals surface area contributed by atoms with Crippen LogP contribution < -0.4 is 5.73 Å². The number of thioether (sulfide) groups is 1. The molecule has 0 unspecified atom stereocenters. The predicted molar refractivity (Wildman–Crippen MR) is 90.3 cm³/mol. The summed E-state index contributed by atoms with van der Waals surface area (Å²) in [7, 11) is 0. The molecule has 3 heterocycles. The van der Waals surface area contributed by atoms with Gasteiger partial charge in [-0.25, -0.2) is 9.97 Å². The van der Waals surface area contributed by atoms with Crippen LogP contribution in [0.15, 0.2) is 5.16 Å². The van der Waals surface area contributed by atoms with E-state index in [1.54, 1.807) is 11.3 Å². The first-order valence-corrected chi connectivity index (χ1v) is 9.24. The summed E-state index contributed by atoms with van der Waals surface area (Å²) < 4.78 is 0. The molecule has 1 aliphatic heterocycles. The molecule has 0 aromatic carbocycles. The Labute approximate surface area is 137 Å². The summed E-state index contributed by atoms with van der Waals surface area (Å²) in [6.45, 7) is 4.99. The SMILES string of the molecule is Cc1sc2nc(S[C@@H]3CCN(C4CC4)C3=O)nc(N)c2c1C. The molecule has 2 N–H and O–H groups in total. The molecule has 2 aromatic heterocycles. The molecule has 1 aliphatic carbocycles. The molecule has 1 saturated carbocycles. The van der Waals surface area contributed by atoms with Gasteiger partial charge in [-0.15, -0.1) is 11.3 Å². The Balaban J connectivity index is 1.60. The molecular weight excluding hydrogens is 316 g/mol. The average molecular weight is 334 g/mol. The second-order valence-electron chi connectivity index (χ2n) is 6.01. The van der Waals surface area contributed by atoms with E-state index in [1.165, 1.54) is 16.6 Å². The van der Waals surface area contributed by atoms with Crippen molar-refractivity contribution in [2.75, 3.05) is 12.3 Å². The van der Waals surface area contributed by atoms with E-state index in [1.807, 2.05) is 4.90 Å². The van der Waals surface area contributed by atoms with Gasteiger partial charge in [-0.05, 0) is 38.7 Å². The van der Waals surface area contributed by atoms with Crippen LogP contribution in [0.2, 0.25) is 0 Å². The van der Waals surface area contributed by atoms with Crippen molar-refractivity contribution in [1.29, 1.82) is 0 Å². The van der Waals surface area contributed by atoms with Crippen LogP contribution >= 0.6 is 23.1 Å². The first-order valence-electron chi connectivity index (χ1n) is 7.55. The molecule has 5 nitrogen and oxygen atoms in total. The predicted octanol–water partition coefficient (Wildman–Crippen LogP) is 2.75. The van der Waals surface area contributed by atoms with Crippen LogP contribution in [-0.4, -0.2) is 38.6 Å². The molecule has 116 valence electrons. The number of nitrogens with zero attached hydrogens (tertiary/aromatic N) is 3. The number of carbonyl (C=O) groups is 1. The van der Waals surface area contributed by atoms with Crippen molar-refractivity contribution in [2.24, 2.45) is 0 Å². The smallest absolute Gasteiger partial charge is 0.236 e. The number of likely N-dealkylation sites (tertiary alicyclic amines) is 1. The normalized spacial score (nSPS) is 22.0. The highest BCUT2D eigenvalue weighted by Crippen LogP contribution is 2.38. The fraction of sp³-hybridized carbons (Fsp3) is 0.533. The number of amides is 1. The van der Waals surface area contributed by atoms with Gasteiger partial charge in [0.25, 0.3) is 0 Å². The van der Waals surface area contributed by atoms with E-state index in [4.69, 9.17) is 5.73 Å². The maximum atomic E-state index is 12.4. The van der Waals surface area contributed by atoms with Gasteiger partial charge >= 0.3 is 0 Å². The molecule has 0 spiro atoms. The van der Waals surface area contributed by atoms with Crippen LogP contribution in [-0.2, 0) is 4.79 Å².